The Hall–Kier alpha value is -3.21. The number of nitrogen functional groups attached to an aromatic ring is 1. The van der Waals surface area contributed by atoms with E-state index in [1.165, 1.54) is 19.2 Å². The predicted octanol–water partition coefficient (Wildman–Crippen LogP) is 4.61. The average molecular weight is 557 g/mol. The molecule has 2 saturated heterocycles. The summed E-state index contributed by atoms with van der Waals surface area (Å²) in [5.74, 6) is -2.42. The minimum Gasteiger partial charge on any atom is -0.465 e. The van der Waals surface area contributed by atoms with E-state index in [-0.39, 0.29) is 22.1 Å². The third-order valence-corrected chi connectivity index (χ3v) is 8.46. The molecule has 5 N–H and O–H groups in total. The molecule has 1 spiro atoms. The van der Waals surface area contributed by atoms with E-state index >= 15 is 4.39 Å². The number of nitrogens with zero attached hydrogens (tertiary/aromatic N) is 1. The summed E-state index contributed by atoms with van der Waals surface area (Å²) < 4.78 is 20.4. The molecule has 38 heavy (non-hydrogen) atoms. The van der Waals surface area contributed by atoms with Gasteiger partial charge in [-0.2, -0.15) is 5.06 Å². The number of esters is 1. The largest absolute Gasteiger partial charge is 0.465 e. The van der Waals surface area contributed by atoms with E-state index < -0.39 is 41.4 Å². The van der Waals surface area contributed by atoms with E-state index in [0.717, 1.165) is 5.06 Å². The predicted molar refractivity (Wildman–Crippen MR) is 140 cm³/mol. The van der Waals surface area contributed by atoms with Crippen LogP contribution in [0.4, 0.5) is 15.8 Å². The number of benzene rings is 3. The highest BCUT2D eigenvalue weighted by Gasteiger charge is 2.66. The zero-order valence-corrected chi connectivity index (χ0v) is 21.6. The van der Waals surface area contributed by atoms with Gasteiger partial charge in [-0.15, -0.1) is 0 Å². The molecule has 0 aliphatic carbocycles. The molecule has 1 amide bonds. The second kappa shape index (κ2) is 8.93. The summed E-state index contributed by atoms with van der Waals surface area (Å²) in [5.41, 5.74) is 7.42. The fraction of sp³-hybridized carbons (Fsp3) is 0.259. The molecule has 6 rings (SSSR count). The number of hydrogen-bond donors (Lipinski definition) is 4. The topological polar surface area (TPSA) is 117 Å². The summed E-state index contributed by atoms with van der Waals surface area (Å²) in [4.78, 5) is 25.6. The van der Waals surface area contributed by atoms with Crippen LogP contribution in [0.1, 0.15) is 45.4 Å². The third kappa shape index (κ3) is 3.47. The van der Waals surface area contributed by atoms with Gasteiger partial charge in [0.25, 0.3) is 0 Å². The second-order valence-electron chi connectivity index (χ2n) is 9.78. The number of fused-ring (bicyclic) bond motifs is 3. The summed E-state index contributed by atoms with van der Waals surface area (Å²) in [5, 5.41) is 19.4. The van der Waals surface area contributed by atoms with E-state index in [0.29, 0.717) is 33.9 Å². The van der Waals surface area contributed by atoms with Crippen molar-refractivity contribution in [1.82, 2.24) is 10.4 Å². The third-order valence-electron chi connectivity index (χ3n) is 7.93. The van der Waals surface area contributed by atoms with Crippen LogP contribution in [0.3, 0.4) is 0 Å². The average Bonchev–Trinajstić information content (AvgIpc) is 3.48. The Morgan fingerprint density at radius 3 is 2.71 bits per heavy atom. The Bertz CT molecular complexity index is 1500. The van der Waals surface area contributed by atoms with Crippen molar-refractivity contribution in [3.8, 4) is 0 Å². The molecule has 3 heterocycles. The maximum Gasteiger partial charge on any atom is 0.337 e. The highest BCUT2D eigenvalue weighted by Crippen LogP contribution is 2.58. The first-order valence-electron chi connectivity index (χ1n) is 12.0. The van der Waals surface area contributed by atoms with Crippen molar-refractivity contribution >= 4 is 46.5 Å². The lowest BCUT2D eigenvalue weighted by Gasteiger charge is -2.36. The van der Waals surface area contributed by atoms with Gasteiger partial charge in [-0.1, -0.05) is 47.5 Å². The molecule has 11 heteroatoms. The van der Waals surface area contributed by atoms with Gasteiger partial charge in [0.2, 0.25) is 5.91 Å². The lowest BCUT2D eigenvalue weighted by atomic mass is 9.74. The Morgan fingerprint density at radius 2 is 1.97 bits per heavy atom. The Labute approximate surface area is 227 Å². The highest BCUT2D eigenvalue weighted by atomic mass is 35.5. The summed E-state index contributed by atoms with van der Waals surface area (Å²) in [6.45, 7) is 0. The van der Waals surface area contributed by atoms with Gasteiger partial charge in [-0.25, -0.2) is 9.18 Å². The molecule has 2 fully saturated rings. The van der Waals surface area contributed by atoms with Crippen LogP contribution in [0.2, 0.25) is 10.0 Å². The number of hydrogen-bond acceptors (Lipinski definition) is 7. The van der Waals surface area contributed by atoms with E-state index in [2.05, 4.69) is 10.6 Å². The SMILES string of the molecule is COC(=O)c1ccc(C2C[C@@H]3N[C@@]4(C(=O)Nc5cc(Cl)ccc54)[C@@H](c4cccc(Cl)c4F)[C@@H]3N2O)c(N)c1. The van der Waals surface area contributed by atoms with Crippen LogP contribution in [0.5, 0.6) is 0 Å². The van der Waals surface area contributed by atoms with Crippen molar-refractivity contribution in [1.29, 1.82) is 0 Å². The van der Waals surface area contributed by atoms with Gasteiger partial charge in [-0.3, -0.25) is 10.1 Å². The van der Waals surface area contributed by atoms with Gasteiger partial charge in [0.05, 0.1) is 29.8 Å². The van der Waals surface area contributed by atoms with Crippen LogP contribution >= 0.6 is 23.2 Å². The van der Waals surface area contributed by atoms with Gasteiger partial charge < -0.3 is 21.0 Å². The Morgan fingerprint density at radius 1 is 1.18 bits per heavy atom. The lowest BCUT2D eigenvalue weighted by Crippen LogP contribution is -2.50. The molecule has 8 nitrogen and oxygen atoms in total. The number of rotatable bonds is 3. The number of nitrogens with one attached hydrogen (secondary N) is 2. The smallest absolute Gasteiger partial charge is 0.337 e. The standard InChI is InChI=1S/C27H23Cl2FN4O4/c1-38-25(35)12-5-7-14(18(31)9-12)21-11-20-24(34(21)37)22(15-3-2-4-17(29)23(15)30)27(33-20)16-8-6-13(28)10-19(16)32-26(27)36/h2-10,20-22,24,33,37H,11,31H2,1H3,(H,32,36)/t20-,21?,22-,24+,27+/m0/s1. The van der Waals surface area contributed by atoms with Gasteiger partial charge in [0.15, 0.2) is 0 Å². The van der Waals surface area contributed by atoms with E-state index in [9.17, 15) is 14.8 Å². The van der Waals surface area contributed by atoms with Crippen LogP contribution in [-0.2, 0) is 15.1 Å². The highest BCUT2D eigenvalue weighted by molar-refractivity contribution is 6.31. The number of nitrogens with two attached hydrogens (primary N) is 1. The van der Waals surface area contributed by atoms with Gasteiger partial charge in [-0.05, 0) is 47.9 Å². The van der Waals surface area contributed by atoms with Crippen molar-refractivity contribution in [2.45, 2.75) is 36.0 Å². The van der Waals surface area contributed by atoms with E-state index in [1.807, 2.05) is 0 Å². The molecule has 0 saturated carbocycles. The molecule has 3 aromatic carbocycles. The molecule has 5 atom stereocenters. The van der Waals surface area contributed by atoms with Crippen LogP contribution < -0.4 is 16.4 Å². The van der Waals surface area contributed by atoms with E-state index in [4.69, 9.17) is 33.7 Å². The number of hydroxylamine groups is 2. The monoisotopic (exact) mass is 556 g/mol. The minimum absolute atomic E-state index is 0.0856. The number of amides is 1. The molecule has 0 aromatic heterocycles. The van der Waals surface area contributed by atoms with Crippen LogP contribution in [-0.4, -0.2) is 41.3 Å². The fourth-order valence-corrected chi connectivity index (χ4v) is 6.73. The molecule has 1 unspecified atom stereocenters. The van der Waals surface area contributed by atoms with E-state index in [1.54, 1.807) is 42.5 Å². The van der Waals surface area contributed by atoms with Crippen LogP contribution in [0, 0.1) is 5.82 Å². The molecular weight excluding hydrogens is 534 g/mol. The molecular formula is C27H23Cl2FN4O4. The molecule has 3 aliphatic heterocycles. The van der Waals surface area contributed by atoms with Crippen LogP contribution in [0.25, 0.3) is 0 Å². The Kier molecular flexibility index (Phi) is 5.89. The van der Waals surface area contributed by atoms with Gasteiger partial charge in [0, 0.05) is 33.9 Å². The normalized spacial score (nSPS) is 27.9. The zero-order valence-electron chi connectivity index (χ0n) is 20.0. The fourth-order valence-electron chi connectivity index (χ4n) is 6.38. The number of carbonyl (C=O) groups excluding carboxylic acids is 2. The first-order chi connectivity index (χ1) is 18.2. The lowest BCUT2D eigenvalue weighted by molar-refractivity contribution is -0.143. The summed E-state index contributed by atoms with van der Waals surface area (Å²) in [6, 6.07) is 12.7. The maximum atomic E-state index is 15.6. The molecule has 3 aromatic rings. The zero-order chi connectivity index (χ0) is 26.9. The summed E-state index contributed by atoms with van der Waals surface area (Å²) in [7, 11) is 1.28. The summed E-state index contributed by atoms with van der Waals surface area (Å²) >= 11 is 12.4. The number of halogens is 3. The van der Waals surface area contributed by atoms with Crippen LogP contribution in [0.15, 0.2) is 54.6 Å². The van der Waals surface area contributed by atoms with Crippen molar-refractivity contribution in [3.63, 3.8) is 0 Å². The quantitative estimate of drug-likeness (QED) is 0.275. The van der Waals surface area contributed by atoms with Crippen molar-refractivity contribution < 1.29 is 23.9 Å². The second-order valence-corrected chi connectivity index (χ2v) is 10.6. The first kappa shape index (κ1) is 25.1. The number of methoxy groups -OCH3 is 1. The van der Waals surface area contributed by atoms with Gasteiger partial charge in [0.1, 0.15) is 11.4 Å². The van der Waals surface area contributed by atoms with Gasteiger partial charge >= 0.3 is 5.97 Å². The molecule has 0 bridgehead atoms. The number of ether oxygens (including phenoxy) is 1. The number of carbonyl (C=O) groups is 2. The number of anilines is 2. The molecule has 196 valence electrons. The maximum absolute atomic E-state index is 15.6. The minimum atomic E-state index is -1.38. The summed E-state index contributed by atoms with van der Waals surface area (Å²) in [6.07, 6.45) is 0.361. The Balaban J connectivity index is 1.47. The van der Waals surface area contributed by atoms with Crippen molar-refractivity contribution in [2.24, 2.45) is 0 Å². The van der Waals surface area contributed by atoms with Crippen molar-refractivity contribution in [3.05, 3.63) is 92.7 Å². The first-order valence-corrected chi connectivity index (χ1v) is 12.7. The van der Waals surface area contributed by atoms with Crippen molar-refractivity contribution in [2.75, 3.05) is 18.2 Å². The molecule has 0 radical (unpaired) electrons. The molecule has 3 aliphatic rings.